The SMILES string of the molecule is C=CC(=O)OO.[O]=[Ti][OH]. The zero-order valence-corrected chi connectivity index (χ0v) is 5.97. The van der Waals surface area contributed by atoms with Crippen molar-refractivity contribution in [1.29, 1.82) is 0 Å². The number of carbonyl (C=O) groups is 1. The molecule has 51 valence electrons. The Kier molecular flexibility index (Phi) is 13.5. The van der Waals surface area contributed by atoms with Crippen molar-refractivity contribution in [2.75, 3.05) is 0 Å². The molecule has 2 N–H and O–H groups in total. The van der Waals surface area contributed by atoms with Gasteiger partial charge in [-0.25, -0.2) is 4.79 Å². The topological polar surface area (TPSA) is 83.8 Å². The van der Waals surface area contributed by atoms with Crippen molar-refractivity contribution in [2.45, 2.75) is 0 Å². The first-order chi connectivity index (χ1) is 4.22. The molecular weight excluding hydrogens is 164 g/mol. The molecule has 0 bridgehead atoms. The molecule has 0 unspecified atom stereocenters. The van der Waals surface area contributed by atoms with E-state index >= 15 is 0 Å². The quantitative estimate of drug-likeness (QED) is 0.239. The Morgan fingerprint density at radius 3 is 2.11 bits per heavy atom. The fourth-order valence-corrected chi connectivity index (χ4v) is 0.0373. The zero-order chi connectivity index (χ0) is 7.70. The van der Waals surface area contributed by atoms with Gasteiger partial charge in [-0.15, -0.1) is 0 Å². The van der Waals surface area contributed by atoms with Crippen molar-refractivity contribution in [2.24, 2.45) is 0 Å². The molecule has 0 fully saturated rings. The Hall–Kier alpha value is -0.356. The second kappa shape index (κ2) is 10.6. The first kappa shape index (κ1) is 11.4. The maximum absolute atomic E-state index is 9.59. The maximum atomic E-state index is 9.59. The number of hydrogen-bond donors (Lipinski definition) is 2. The molecule has 0 amide bonds. The zero-order valence-electron chi connectivity index (χ0n) is 4.40. The third-order valence-electron chi connectivity index (χ3n) is 0.257. The molecule has 0 aromatic heterocycles. The van der Waals surface area contributed by atoms with E-state index in [0.29, 0.717) is 0 Å². The minimum atomic E-state index is -1.75. The van der Waals surface area contributed by atoms with Gasteiger partial charge in [-0.2, -0.15) is 5.26 Å². The second-order valence-electron chi connectivity index (χ2n) is 0.706. The average Bonchev–Trinajstić information content (AvgIpc) is 1.88. The summed E-state index contributed by atoms with van der Waals surface area (Å²) < 4.78 is 15.8. The monoisotopic (exact) mass is 169 g/mol. The molecule has 9 heavy (non-hydrogen) atoms. The average molecular weight is 169 g/mol. The van der Waals surface area contributed by atoms with E-state index in [-0.39, 0.29) is 0 Å². The van der Waals surface area contributed by atoms with E-state index in [4.69, 9.17) is 12.3 Å². The van der Waals surface area contributed by atoms with Crippen LogP contribution in [0, 0.1) is 0 Å². The van der Waals surface area contributed by atoms with Crippen LogP contribution in [0.3, 0.4) is 0 Å². The van der Waals surface area contributed by atoms with Crippen LogP contribution >= 0.6 is 0 Å². The Bertz CT molecular complexity index is 100. The summed E-state index contributed by atoms with van der Waals surface area (Å²) in [4.78, 5) is 12.7. The predicted molar refractivity (Wildman–Crippen MR) is 21.8 cm³/mol. The molecule has 0 aliphatic heterocycles. The van der Waals surface area contributed by atoms with Crippen LogP contribution in [0.25, 0.3) is 0 Å². The first-order valence-corrected chi connectivity index (χ1v) is 3.05. The van der Waals surface area contributed by atoms with Gasteiger partial charge in [0.2, 0.25) is 0 Å². The second-order valence-corrected chi connectivity index (χ2v) is 0.991. The Morgan fingerprint density at radius 2 is 2.11 bits per heavy atom. The summed E-state index contributed by atoms with van der Waals surface area (Å²) in [6.45, 7) is 3.00. The normalized spacial score (nSPS) is 5.56. The molecule has 0 atom stereocenters. The van der Waals surface area contributed by atoms with E-state index < -0.39 is 25.5 Å². The van der Waals surface area contributed by atoms with Crippen molar-refractivity contribution in [3.05, 3.63) is 12.7 Å². The van der Waals surface area contributed by atoms with E-state index in [1.54, 1.807) is 0 Å². The van der Waals surface area contributed by atoms with Crippen LogP contribution in [0.15, 0.2) is 12.7 Å². The van der Waals surface area contributed by atoms with Gasteiger partial charge < -0.3 is 0 Å². The summed E-state index contributed by atoms with van der Waals surface area (Å²) in [5, 5.41) is 7.41. The number of carbonyl (C=O) groups excluding carboxylic acids is 1. The third-order valence-corrected chi connectivity index (χ3v) is 0.257. The van der Waals surface area contributed by atoms with Crippen molar-refractivity contribution >= 4 is 5.97 Å². The Morgan fingerprint density at radius 1 is 1.78 bits per heavy atom. The van der Waals surface area contributed by atoms with Gasteiger partial charge in [0, 0.05) is 6.08 Å². The van der Waals surface area contributed by atoms with Crippen LogP contribution in [0.5, 0.6) is 0 Å². The van der Waals surface area contributed by atoms with Crippen molar-refractivity contribution in [1.82, 2.24) is 0 Å². The van der Waals surface area contributed by atoms with Gasteiger partial charge in [0.1, 0.15) is 0 Å². The van der Waals surface area contributed by atoms with Gasteiger partial charge >= 0.3 is 32.5 Å². The van der Waals surface area contributed by atoms with Gasteiger partial charge in [-0.1, -0.05) is 6.58 Å². The number of rotatable bonds is 1. The summed E-state index contributed by atoms with van der Waals surface area (Å²) in [6, 6.07) is 0. The van der Waals surface area contributed by atoms with Gasteiger partial charge in [-0.3, -0.25) is 4.89 Å². The molecule has 0 saturated heterocycles. The summed E-state index contributed by atoms with van der Waals surface area (Å²) in [7, 11) is 0. The molecule has 0 heterocycles. The molecule has 0 aliphatic carbocycles. The van der Waals surface area contributed by atoms with Crippen LogP contribution in [0.2, 0.25) is 0 Å². The van der Waals surface area contributed by atoms with Crippen LogP contribution in [0.1, 0.15) is 0 Å². The third kappa shape index (κ3) is 18.3. The standard InChI is InChI=1S/C3H4O3.H2O.O.Ti/c1-2-3(4)6-5;;;/h2,5H,1H2;1H2;;/q;;;+1/p-1. The molecule has 0 aromatic rings. The Balaban J connectivity index is 0. The molecule has 0 radical (unpaired) electrons. The van der Waals surface area contributed by atoms with Crippen molar-refractivity contribution in [3.8, 4) is 0 Å². The summed E-state index contributed by atoms with van der Waals surface area (Å²) in [5.41, 5.74) is 0. The fraction of sp³-hybridized carbons (Fsp3) is 0. The van der Waals surface area contributed by atoms with Gasteiger partial charge in [0.15, 0.2) is 0 Å². The summed E-state index contributed by atoms with van der Waals surface area (Å²) >= 11 is -1.75. The molecule has 0 rings (SSSR count). The van der Waals surface area contributed by atoms with Crippen molar-refractivity contribution < 1.29 is 41.5 Å². The first-order valence-electron chi connectivity index (χ1n) is 1.72. The van der Waals surface area contributed by atoms with E-state index in [1.165, 1.54) is 0 Å². The molecule has 0 saturated carbocycles. The van der Waals surface area contributed by atoms with Crippen LogP contribution < -0.4 is 0 Å². The fourth-order valence-electron chi connectivity index (χ4n) is 0.0373. The molecule has 6 heteroatoms. The van der Waals surface area contributed by atoms with E-state index in [2.05, 4.69) is 11.5 Å². The molecule has 0 aliphatic rings. The minimum absolute atomic E-state index is 0.838. The van der Waals surface area contributed by atoms with Gasteiger partial charge in [0.05, 0.1) is 0 Å². The van der Waals surface area contributed by atoms with Gasteiger partial charge in [0.25, 0.3) is 0 Å². The summed E-state index contributed by atoms with van der Waals surface area (Å²) in [5.74, 6) is -0.838. The Labute approximate surface area is 60.6 Å². The molecule has 0 spiro atoms. The molecular formula is C3H5O5Ti. The van der Waals surface area contributed by atoms with Crippen molar-refractivity contribution in [3.63, 3.8) is 0 Å². The van der Waals surface area contributed by atoms with E-state index in [0.717, 1.165) is 6.08 Å². The van der Waals surface area contributed by atoms with Crippen LogP contribution in [-0.4, -0.2) is 14.9 Å². The van der Waals surface area contributed by atoms with Crippen LogP contribution in [-0.2, 0) is 32.5 Å². The van der Waals surface area contributed by atoms with E-state index in [1.807, 2.05) is 0 Å². The van der Waals surface area contributed by atoms with Crippen LogP contribution in [0.4, 0.5) is 0 Å². The number of hydrogen-bond acceptors (Lipinski definition) is 4. The molecule has 5 nitrogen and oxygen atoms in total. The predicted octanol–water partition coefficient (Wildman–Crippen LogP) is -0.490. The van der Waals surface area contributed by atoms with Gasteiger partial charge in [-0.05, 0) is 0 Å². The van der Waals surface area contributed by atoms with E-state index in [9.17, 15) is 4.79 Å². The molecule has 0 aromatic carbocycles. The summed E-state index contributed by atoms with van der Waals surface area (Å²) in [6.07, 6.45) is 0.861.